The number of benzene rings is 1. The van der Waals surface area contributed by atoms with Crippen LogP contribution in [0.25, 0.3) is 16.8 Å². The van der Waals surface area contributed by atoms with Gasteiger partial charge in [-0.05, 0) is 31.7 Å². The second-order valence-electron chi connectivity index (χ2n) is 5.45. The van der Waals surface area contributed by atoms with Gasteiger partial charge in [0.2, 0.25) is 0 Å². The van der Waals surface area contributed by atoms with Crippen molar-refractivity contribution in [2.45, 2.75) is 26.2 Å². The van der Waals surface area contributed by atoms with E-state index in [0.29, 0.717) is 0 Å². The lowest BCUT2D eigenvalue weighted by Crippen LogP contribution is -2.15. The number of nitrogen functional groups attached to an aromatic ring is 1. The Morgan fingerprint density at radius 1 is 1.19 bits per heavy atom. The fraction of sp³-hybridized carbons (Fsp3) is 0.250. The van der Waals surface area contributed by atoms with E-state index in [-0.39, 0.29) is 0 Å². The molecule has 3 N–H and O–H groups in total. The fourth-order valence-electron chi connectivity index (χ4n) is 3.23. The molecule has 0 spiro atoms. The van der Waals surface area contributed by atoms with Crippen molar-refractivity contribution in [1.82, 2.24) is 14.6 Å². The molecule has 0 fully saturated rings. The Bertz CT molecular complexity index is 820. The molecular formula is C16H17N5. The normalized spacial score (nSPS) is 13.6. The molecule has 0 unspecified atom stereocenters. The molecule has 5 heteroatoms. The smallest absolute Gasteiger partial charge is 0.165 e. The third kappa shape index (κ3) is 1.74. The number of aromatic nitrogens is 3. The van der Waals surface area contributed by atoms with E-state index in [1.807, 2.05) is 29.6 Å². The molecule has 106 valence electrons. The van der Waals surface area contributed by atoms with Gasteiger partial charge in [0.05, 0.1) is 5.69 Å². The number of hydrogen-bond donors (Lipinski definition) is 2. The number of hydrazine groups is 1. The molecule has 1 aromatic carbocycles. The zero-order chi connectivity index (χ0) is 14.4. The van der Waals surface area contributed by atoms with Crippen LogP contribution in [0.3, 0.4) is 0 Å². The van der Waals surface area contributed by atoms with Crippen molar-refractivity contribution in [3.05, 3.63) is 47.3 Å². The second-order valence-corrected chi connectivity index (χ2v) is 5.45. The lowest BCUT2D eigenvalue weighted by Gasteiger charge is -2.10. The van der Waals surface area contributed by atoms with Crippen molar-refractivity contribution in [2.24, 2.45) is 5.84 Å². The molecule has 1 aliphatic carbocycles. The lowest BCUT2D eigenvalue weighted by molar-refractivity contribution is 0.894. The first-order valence-corrected chi connectivity index (χ1v) is 7.22. The van der Waals surface area contributed by atoms with Gasteiger partial charge in [0.1, 0.15) is 5.82 Å². The minimum Gasteiger partial charge on any atom is -0.308 e. The summed E-state index contributed by atoms with van der Waals surface area (Å²) in [4.78, 5) is 4.87. The maximum Gasteiger partial charge on any atom is 0.165 e. The van der Waals surface area contributed by atoms with Crippen LogP contribution >= 0.6 is 0 Å². The molecule has 0 saturated heterocycles. The molecule has 0 aliphatic heterocycles. The van der Waals surface area contributed by atoms with Crippen LogP contribution in [0.4, 0.5) is 5.82 Å². The number of hydrogen-bond acceptors (Lipinski definition) is 4. The highest BCUT2D eigenvalue weighted by atomic mass is 15.4. The largest absolute Gasteiger partial charge is 0.308 e. The van der Waals surface area contributed by atoms with Crippen LogP contribution < -0.4 is 11.3 Å². The molecule has 3 aromatic rings. The van der Waals surface area contributed by atoms with E-state index in [4.69, 9.17) is 10.8 Å². The average molecular weight is 279 g/mol. The number of fused-ring (bicyclic) bond motifs is 2. The minimum atomic E-state index is 0.873. The SMILES string of the molecule is Cc1nn2c(NN)c3c(nc2c1-c1ccccc1)CCC3. The summed E-state index contributed by atoms with van der Waals surface area (Å²) in [6.45, 7) is 2.02. The predicted molar refractivity (Wildman–Crippen MR) is 83.0 cm³/mol. The van der Waals surface area contributed by atoms with Crippen molar-refractivity contribution in [2.75, 3.05) is 5.43 Å². The highest BCUT2D eigenvalue weighted by Crippen LogP contribution is 2.33. The minimum absolute atomic E-state index is 0.873. The summed E-state index contributed by atoms with van der Waals surface area (Å²) in [6, 6.07) is 10.3. The summed E-state index contributed by atoms with van der Waals surface area (Å²) >= 11 is 0. The van der Waals surface area contributed by atoms with Crippen molar-refractivity contribution >= 4 is 11.5 Å². The van der Waals surface area contributed by atoms with E-state index in [9.17, 15) is 0 Å². The first-order valence-electron chi connectivity index (χ1n) is 7.22. The molecule has 0 saturated carbocycles. The Balaban J connectivity index is 2.08. The summed E-state index contributed by atoms with van der Waals surface area (Å²) in [7, 11) is 0. The molecule has 1 aliphatic rings. The van der Waals surface area contributed by atoms with Crippen LogP contribution in [0.15, 0.2) is 30.3 Å². The fourth-order valence-corrected chi connectivity index (χ4v) is 3.23. The Morgan fingerprint density at radius 3 is 2.76 bits per heavy atom. The average Bonchev–Trinajstić information content (AvgIpc) is 3.09. The van der Waals surface area contributed by atoms with Crippen LogP contribution in [0.1, 0.15) is 23.4 Å². The third-order valence-electron chi connectivity index (χ3n) is 4.16. The summed E-state index contributed by atoms with van der Waals surface area (Å²) in [6.07, 6.45) is 3.15. The summed E-state index contributed by atoms with van der Waals surface area (Å²) in [5.41, 5.74) is 9.24. The van der Waals surface area contributed by atoms with E-state index in [1.165, 1.54) is 5.56 Å². The summed E-state index contributed by atoms with van der Waals surface area (Å²) in [5.74, 6) is 6.62. The van der Waals surface area contributed by atoms with Crippen LogP contribution in [-0.2, 0) is 12.8 Å². The van der Waals surface area contributed by atoms with E-state index < -0.39 is 0 Å². The van der Waals surface area contributed by atoms with Crippen molar-refractivity contribution < 1.29 is 0 Å². The van der Waals surface area contributed by atoms with Gasteiger partial charge in [-0.2, -0.15) is 9.61 Å². The van der Waals surface area contributed by atoms with E-state index in [2.05, 4.69) is 22.7 Å². The highest BCUT2D eigenvalue weighted by Gasteiger charge is 2.23. The molecule has 21 heavy (non-hydrogen) atoms. The molecule has 4 rings (SSSR count). The lowest BCUT2D eigenvalue weighted by atomic mass is 10.1. The maximum absolute atomic E-state index is 5.75. The Hall–Kier alpha value is -2.40. The third-order valence-corrected chi connectivity index (χ3v) is 4.16. The monoisotopic (exact) mass is 279 g/mol. The van der Waals surface area contributed by atoms with Crippen molar-refractivity contribution in [1.29, 1.82) is 0 Å². The Labute approximate surface area is 122 Å². The zero-order valence-electron chi connectivity index (χ0n) is 11.9. The van der Waals surface area contributed by atoms with Crippen molar-refractivity contribution in [3.8, 4) is 11.1 Å². The number of anilines is 1. The number of nitrogens with one attached hydrogen (secondary N) is 1. The van der Waals surface area contributed by atoms with Crippen LogP contribution in [0.5, 0.6) is 0 Å². The first kappa shape index (κ1) is 12.3. The quantitative estimate of drug-likeness (QED) is 0.558. The number of aryl methyl sites for hydroxylation is 2. The molecule has 5 nitrogen and oxygen atoms in total. The standard InChI is InChI=1S/C16H17N5/c1-10-14(11-6-3-2-4-7-11)16-18-13-9-5-8-12(13)15(19-17)21(16)20-10/h2-4,6-7,19H,5,8-9,17H2,1H3. The van der Waals surface area contributed by atoms with E-state index >= 15 is 0 Å². The maximum atomic E-state index is 5.75. The van der Waals surface area contributed by atoms with Crippen molar-refractivity contribution in [3.63, 3.8) is 0 Å². The van der Waals surface area contributed by atoms with Gasteiger partial charge >= 0.3 is 0 Å². The molecule has 0 amide bonds. The number of nitrogens with two attached hydrogens (primary N) is 1. The van der Waals surface area contributed by atoms with Gasteiger partial charge in [0.15, 0.2) is 5.65 Å². The number of nitrogens with zero attached hydrogens (tertiary/aromatic N) is 3. The topological polar surface area (TPSA) is 68.2 Å². The van der Waals surface area contributed by atoms with Gasteiger partial charge in [-0.3, -0.25) is 0 Å². The van der Waals surface area contributed by atoms with Crippen LogP contribution in [0, 0.1) is 6.92 Å². The molecular weight excluding hydrogens is 262 g/mol. The van der Waals surface area contributed by atoms with E-state index in [1.54, 1.807) is 0 Å². The second kappa shape index (κ2) is 4.56. The van der Waals surface area contributed by atoms with Gasteiger partial charge < -0.3 is 5.43 Å². The van der Waals surface area contributed by atoms with Gasteiger partial charge in [-0.15, -0.1) is 0 Å². The molecule has 2 heterocycles. The molecule has 0 bridgehead atoms. The Morgan fingerprint density at radius 2 is 2.00 bits per heavy atom. The molecule has 0 radical (unpaired) electrons. The van der Waals surface area contributed by atoms with Gasteiger partial charge in [-0.25, -0.2) is 10.8 Å². The van der Waals surface area contributed by atoms with Gasteiger partial charge in [0, 0.05) is 16.8 Å². The highest BCUT2D eigenvalue weighted by molar-refractivity contribution is 5.81. The molecule has 2 aromatic heterocycles. The first-order chi connectivity index (χ1) is 10.3. The van der Waals surface area contributed by atoms with E-state index in [0.717, 1.165) is 53.2 Å². The summed E-state index contributed by atoms with van der Waals surface area (Å²) in [5, 5.41) is 4.65. The Kier molecular flexibility index (Phi) is 2.68. The number of rotatable bonds is 2. The summed E-state index contributed by atoms with van der Waals surface area (Å²) < 4.78 is 1.85. The van der Waals surface area contributed by atoms with Crippen LogP contribution in [-0.4, -0.2) is 14.6 Å². The zero-order valence-corrected chi connectivity index (χ0v) is 11.9. The van der Waals surface area contributed by atoms with Gasteiger partial charge in [-0.1, -0.05) is 30.3 Å². The van der Waals surface area contributed by atoms with Gasteiger partial charge in [0.25, 0.3) is 0 Å². The van der Waals surface area contributed by atoms with Crippen LogP contribution in [0.2, 0.25) is 0 Å². The molecule has 0 atom stereocenters. The predicted octanol–water partition coefficient (Wildman–Crippen LogP) is 2.48.